The third-order valence-corrected chi connectivity index (χ3v) is 5.84. The van der Waals surface area contributed by atoms with E-state index in [4.69, 9.17) is 10.6 Å². The molecule has 0 bridgehead atoms. The van der Waals surface area contributed by atoms with Gasteiger partial charge < -0.3 is 9.84 Å². The minimum Gasteiger partial charge on any atom is -0.508 e. The van der Waals surface area contributed by atoms with E-state index in [0.717, 1.165) is 25.7 Å². The number of benzene rings is 1. The van der Waals surface area contributed by atoms with Gasteiger partial charge in [0.25, 0.3) is 0 Å². The lowest BCUT2D eigenvalue weighted by Crippen LogP contribution is -2.30. The number of amides is 1. The van der Waals surface area contributed by atoms with E-state index in [0.29, 0.717) is 18.6 Å². The topological polar surface area (TPSA) is 102 Å². The van der Waals surface area contributed by atoms with Crippen LogP contribution in [0.5, 0.6) is 5.75 Å². The minimum absolute atomic E-state index is 0.174. The van der Waals surface area contributed by atoms with Crippen LogP contribution >= 0.6 is 0 Å². The van der Waals surface area contributed by atoms with Gasteiger partial charge in [-0.2, -0.15) is 0 Å². The number of ketones is 1. The van der Waals surface area contributed by atoms with Crippen LogP contribution in [0.1, 0.15) is 120 Å². The fourth-order valence-electron chi connectivity index (χ4n) is 3.86. The number of phenols is 1. The summed E-state index contributed by atoms with van der Waals surface area (Å²) in [6, 6.07) is 6.54. The standard InChI is InChI=1S/C26H44N2O4/c27-28-26(31)32-22-16-14-12-10-8-6-4-2-1-3-5-7-9-11-13-15-17-25(30)23-18-20-24(29)21-19-23/h18-21,29H,1-17,22,27H2,(H,28,31). The smallest absolute Gasteiger partial charge is 0.421 e. The van der Waals surface area contributed by atoms with Crippen molar-refractivity contribution in [3.8, 4) is 5.75 Å². The van der Waals surface area contributed by atoms with E-state index in [9.17, 15) is 14.7 Å². The maximum absolute atomic E-state index is 12.1. The number of aromatic hydroxyl groups is 1. The molecule has 0 heterocycles. The minimum atomic E-state index is -0.555. The number of Topliss-reactive ketones (excluding diaryl/α,β-unsaturated/α-hetero) is 1. The number of ether oxygens (including phenoxy) is 1. The molecule has 0 saturated heterocycles. The molecule has 4 N–H and O–H groups in total. The Balaban J connectivity index is 1.75. The molecular formula is C26H44N2O4. The maximum atomic E-state index is 12.1. The van der Waals surface area contributed by atoms with Gasteiger partial charge in [-0.15, -0.1) is 0 Å². The summed E-state index contributed by atoms with van der Waals surface area (Å²) < 4.78 is 4.85. The zero-order valence-corrected chi connectivity index (χ0v) is 19.8. The first kappa shape index (κ1) is 28.0. The molecule has 1 rings (SSSR count). The van der Waals surface area contributed by atoms with Crippen LogP contribution < -0.4 is 11.3 Å². The molecular weight excluding hydrogens is 404 g/mol. The number of hydrogen-bond donors (Lipinski definition) is 3. The quantitative estimate of drug-likeness (QED) is 0.0669. The molecule has 6 nitrogen and oxygen atoms in total. The van der Waals surface area contributed by atoms with Crippen molar-refractivity contribution in [1.29, 1.82) is 0 Å². The summed E-state index contributed by atoms with van der Waals surface area (Å²) in [5, 5.41) is 9.27. The van der Waals surface area contributed by atoms with Crippen molar-refractivity contribution in [3.63, 3.8) is 0 Å². The molecule has 0 aliphatic carbocycles. The molecule has 1 aromatic carbocycles. The van der Waals surface area contributed by atoms with E-state index < -0.39 is 6.09 Å². The molecule has 1 aromatic rings. The molecule has 0 radical (unpaired) electrons. The van der Waals surface area contributed by atoms with Crippen LogP contribution in [-0.2, 0) is 4.74 Å². The Bertz CT molecular complexity index is 604. The second-order valence-electron chi connectivity index (χ2n) is 8.66. The molecule has 0 atom stereocenters. The summed E-state index contributed by atoms with van der Waals surface area (Å²) >= 11 is 0. The lowest BCUT2D eigenvalue weighted by Gasteiger charge is -2.05. The zero-order valence-electron chi connectivity index (χ0n) is 19.8. The number of carbonyl (C=O) groups excluding carboxylic acids is 2. The highest BCUT2D eigenvalue weighted by atomic mass is 16.5. The second-order valence-corrected chi connectivity index (χ2v) is 8.66. The molecule has 0 unspecified atom stereocenters. The third-order valence-electron chi connectivity index (χ3n) is 5.84. The van der Waals surface area contributed by atoms with Gasteiger partial charge in [0.15, 0.2) is 5.78 Å². The van der Waals surface area contributed by atoms with E-state index in [1.54, 1.807) is 24.3 Å². The van der Waals surface area contributed by atoms with Crippen molar-refractivity contribution in [2.45, 2.75) is 109 Å². The number of nitrogens with two attached hydrogens (primary N) is 1. The third kappa shape index (κ3) is 15.7. The number of unbranched alkanes of at least 4 members (excludes halogenated alkanes) is 15. The van der Waals surface area contributed by atoms with Crippen molar-refractivity contribution < 1.29 is 19.4 Å². The molecule has 0 fully saturated rings. The Labute approximate surface area is 194 Å². The lowest BCUT2D eigenvalue weighted by molar-refractivity contribution is 0.0979. The first-order valence-electron chi connectivity index (χ1n) is 12.6. The fourth-order valence-corrected chi connectivity index (χ4v) is 3.86. The van der Waals surface area contributed by atoms with E-state index >= 15 is 0 Å². The Hall–Kier alpha value is -2.08. The number of nitrogens with one attached hydrogen (secondary N) is 1. The second kappa shape index (κ2) is 19.6. The zero-order chi connectivity index (χ0) is 23.3. The van der Waals surface area contributed by atoms with Gasteiger partial charge in [0, 0.05) is 12.0 Å². The summed E-state index contributed by atoms with van der Waals surface area (Å²) in [4.78, 5) is 22.8. The van der Waals surface area contributed by atoms with Gasteiger partial charge in [0.1, 0.15) is 5.75 Å². The Morgan fingerprint density at radius 3 is 1.53 bits per heavy atom. The monoisotopic (exact) mass is 448 g/mol. The van der Waals surface area contributed by atoms with E-state index in [2.05, 4.69) is 0 Å². The van der Waals surface area contributed by atoms with Gasteiger partial charge in [0.05, 0.1) is 6.61 Å². The van der Waals surface area contributed by atoms with Crippen LogP contribution in [0.25, 0.3) is 0 Å². The number of hydrazine groups is 1. The predicted octanol–water partition coefficient (Wildman–Crippen LogP) is 6.81. The molecule has 0 spiro atoms. The molecule has 0 aliphatic rings. The average Bonchev–Trinajstić information content (AvgIpc) is 2.80. The van der Waals surface area contributed by atoms with Crippen LogP contribution in [0.3, 0.4) is 0 Å². The highest BCUT2D eigenvalue weighted by Gasteiger charge is 2.05. The van der Waals surface area contributed by atoms with E-state index in [1.165, 1.54) is 77.0 Å². The van der Waals surface area contributed by atoms with Crippen LogP contribution in [-0.4, -0.2) is 23.6 Å². The van der Waals surface area contributed by atoms with Crippen LogP contribution in [0.15, 0.2) is 24.3 Å². The maximum Gasteiger partial charge on any atom is 0.421 e. The average molecular weight is 449 g/mol. The summed E-state index contributed by atoms with van der Waals surface area (Å²) in [6.45, 7) is 0.448. The normalized spacial score (nSPS) is 10.8. The summed E-state index contributed by atoms with van der Waals surface area (Å²) in [5.41, 5.74) is 2.65. The fraction of sp³-hybridized carbons (Fsp3) is 0.692. The van der Waals surface area contributed by atoms with Gasteiger partial charge >= 0.3 is 6.09 Å². The Morgan fingerprint density at radius 1 is 0.688 bits per heavy atom. The van der Waals surface area contributed by atoms with Gasteiger partial charge in [-0.05, 0) is 37.1 Å². The molecule has 1 amide bonds. The Morgan fingerprint density at radius 2 is 1.09 bits per heavy atom. The molecule has 6 heteroatoms. The first-order chi connectivity index (χ1) is 15.6. The summed E-state index contributed by atoms with van der Waals surface area (Å²) in [5.74, 6) is 5.31. The van der Waals surface area contributed by atoms with E-state index in [1.807, 2.05) is 5.43 Å². The first-order valence-corrected chi connectivity index (χ1v) is 12.6. The van der Waals surface area contributed by atoms with Crippen molar-refractivity contribution in [3.05, 3.63) is 29.8 Å². The number of hydrogen-bond acceptors (Lipinski definition) is 5. The predicted molar refractivity (Wildman–Crippen MR) is 130 cm³/mol. The van der Waals surface area contributed by atoms with Gasteiger partial charge in [-0.3, -0.25) is 10.2 Å². The van der Waals surface area contributed by atoms with Crippen molar-refractivity contribution in [2.24, 2.45) is 5.84 Å². The summed E-state index contributed by atoms with van der Waals surface area (Å²) in [7, 11) is 0. The Kier molecular flexibility index (Phi) is 17.1. The molecule has 32 heavy (non-hydrogen) atoms. The van der Waals surface area contributed by atoms with Crippen molar-refractivity contribution in [1.82, 2.24) is 5.43 Å². The number of carbonyl (C=O) groups is 2. The van der Waals surface area contributed by atoms with E-state index in [-0.39, 0.29) is 11.5 Å². The van der Waals surface area contributed by atoms with Gasteiger partial charge in [-0.1, -0.05) is 89.9 Å². The molecule has 0 aliphatic heterocycles. The molecule has 0 saturated carbocycles. The van der Waals surface area contributed by atoms with Crippen molar-refractivity contribution >= 4 is 11.9 Å². The number of rotatable bonds is 20. The number of phenolic OH excluding ortho intramolecular Hbond substituents is 1. The van der Waals surface area contributed by atoms with Crippen LogP contribution in [0.2, 0.25) is 0 Å². The SMILES string of the molecule is NNC(=O)OCCCCCCCCCCCCCCCCCCC(=O)c1ccc(O)cc1. The lowest BCUT2D eigenvalue weighted by atomic mass is 10.0. The van der Waals surface area contributed by atoms with Crippen LogP contribution in [0.4, 0.5) is 4.79 Å². The van der Waals surface area contributed by atoms with Crippen LogP contribution in [0, 0.1) is 0 Å². The van der Waals surface area contributed by atoms with Crippen molar-refractivity contribution in [2.75, 3.05) is 6.61 Å². The highest BCUT2D eigenvalue weighted by molar-refractivity contribution is 5.96. The summed E-state index contributed by atoms with van der Waals surface area (Å²) in [6.07, 6.45) is 19.8. The van der Waals surface area contributed by atoms with Gasteiger partial charge in [-0.25, -0.2) is 10.6 Å². The largest absolute Gasteiger partial charge is 0.508 e. The van der Waals surface area contributed by atoms with Gasteiger partial charge in [0.2, 0.25) is 0 Å². The highest BCUT2D eigenvalue weighted by Crippen LogP contribution is 2.16. The molecule has 182 valence electrons. The molecule has 0 aromatic heterocycles.